The molecule has 2 aliphatic heterocycles. The summed E-state index contributed by atoms with van der Waals surface area (Å²) in [5.41, 5.74) is 1.61. The summed E-state index contributed by atoms with van der Waals surface area (Å²) < 4.78 is 5.84. The summed E-state index contributed by atoms with van der Waals surface area (Å²) in [5, 5.41) is 0. The second kappa shape index (κ2) is 10.3. The normalized spacial score (nSPS) is 21.3. The molecule has 7 nitrogen and oxygen atoms in total. The van der Waals surface area contributed by atoms with Crippen LogP contribution in [-0.2, 0) is 16.2 Å². The maximum absolute atomic E-state index is 13.5. The number of ether oxygens (including phenoxy) is 1. The van der Waals surface area contributed by atoms with Crippen LogP contribution in [0.4, 0.5) is 0 Å². The second-order valence-corrected chi connectivity index (χ2v) is 9.26. The Morgan fingerprint density at radius 2 is 1.79 bits per heavy atom. The van der Waals surface area contributed by atoms with Crippen molar-refractivity contribution in [3.8, 4) is 5.75 Å². The van der Waals surface area contributed by atoms with Gasteiger partial charge in [-0.15, -0.1) is 0 Å². The van der Waals surface area contributed by atoms with E-state index in [1.165, 1.54) is 0 Å². The van der Waals surface area contributed by atoms with Crippen molar-refractivity contribution in [2.45, 2.75) is 52.4 Å². The van der Waals surface area contributed by atoms with E-state index in [2.05, 4.69) is 13.8 Å². The Balaban J connectivity index is 1.48. The summed E-state index contributed by atoms with van der Waals surface area (Å²) in [7, 11) is 0. The zero-order chi connectivity index (χ0) is 24.2. The van der Waals surface area contributed by atoms with Gasteiger partial charge in [0.15, 0.2) is 0 Å². The van der Waals surface area contributed by atoms with Gasteiger partial charge in [-0.3, -0.25) is 14.4 Å². The molecule has 2 heterocycles. The van der Waals surface area contributed by atoms with Gasteiger partial charge in [-0.1, -0.05) is 50.6 Å². The fourth-order valence-corrected chi connectivity index (χ4v) is 4.65. The van der Waals surface area contributed by atoms with Crippen LogP contribution in [0.2, 0.25) is 0 Å². The lowest BCUT2D eigenvalue weighted by Gasteiger charge is -2.51. The smallest absolute Gasteiger partial charge is 0.255 e. The van der Waals surface area contributed by atoms with Gasteiger partial charge >= 0.3 is 0 Å². The fourth-order valence-electron chi connectivity index (χ4n) is 4.65. The van der Waals surface area contributed by atoms with E-state index in [-0.39, 0.29) is 24.1 Å². The third-order valence-corrected chi connectivity index (χ3v) is 6.84. The highest BCUT2D eigenvalue weighted by Gasteiger charge is 2.47. The molecule has 7 heteroatoms. The third-order valence-electron chi connectivity index (χ3n) is 6.84. The van der Waals surface area contributed by atoms with Crippen molar-refractivity contribution in [1.82, 2.24) is 14.7 Å². The molecule has 0 aliphatic carbocycles. The van der Waals surface area contributed by atoms with Crippen LogP contribution in [0.5, 0.6) is 5.75 Å². The van der Waals surface area contributed by atoms with E-state index >= 15 is 0 Å². The third kappa shape index (κ3) is 4.93. The minimum Gasteiger partial charge on any atom is -0.489 e. The standard InChI is InChI=1S/C27H33N3O4/c1-4-19(2)16-28-17-24-29(15-14-25(31)30(24)20(3)26(28)32)27(33)22-10-12-23(13-11-22)34-18-21-8-6-5-7-9-21/h5-13,19-20,24H,4,14-18H2,1-3H3. The van der Waals surface area contributed by atoms with Crippen LogP contribution in [0.25, 0.3) is 0 Å². The monoisotopic (exact) mass is 463 g/mol. The average molecular weight is 464 g/mol. The van der Waals surface area contributed by atoms with Gasteiger partial charge in [0.1, 0.15) is 24.6 Å². The lowest BCUT2D eigenvalue weighted by molar-refractivity contribution is -0.166. The molecule has 0 radical (unpaired) electrons. The van der Waals surface area contributed by atoms with Gasteiger partial charge < -0.3 is 19.4 Å². The van der Waals surface area contributed by atoms with E-state index < -0.39 is 12.2 Å². The topological polar surface area (TPSA) is 70.2 Å². The minimum atomic E-state index is -0.570. The summed E-state index contributed by atoms with van der Waals surface area (Å²) in [6.07, 6.45) is 0.746. The Bertz CT molecular complexity index is 1020. The Morgan fingerprint density at radius 1 is 1.09 bits per heavy atom. The van der Waals surface area contributed by atoms with Gasteiger partial charge in [0.05, 0.1) is 6.54 Å². The average Bonchev–Trinajstić information content (AvgIpc) is 2.86. The lowest BCUT2D eigenvalue weighted by Crippen LogP contribution is -2.70. The quantitative estimate of drug-likeness (QED) is 0.630. The van der Waals surface area contributed by atoms with E-state index in [9.17, 15) is 14.4 Å². The van der Waals surface area contributed by atoms with Crippen molar-refractivity contribution in [2.24, 2.45) is 5.92 Å². The predicted octanol–water partition coefficient (Wildman–Crippen LogP) is 3.54. The molecule has 4 rings (SSSR count). The molecule has 2 aromatic carbocycles. The van der Waals surface area contributed by atoms with Crippen LogP contribution in [0.1, 0.15) is 49.5 Å². The molecule has 0 N–H and O–H groups in total. The van der Waals surface area contributed by atoms with Gasteiger partial charge in [0.2, 0.25) is 11.8 Å². The van der Waals surface area contributed by atoms with Crippen molar-refractivity contribution < 1.29 is 19.1 Å². The molecule has 2 saturated heterocycles. The number of rotatable bonds is 7. The molecule has 2 aliphatic rings. The second-order valence-electron chi connectivity index (χ2n) is 9.26. The molecule has 2 fully saturated rings. The molecule has 3 atom stereocenters. The lowest BCUT2D eigenvalue weighted by atomic mass is 10.0. The number of nitrogens with zero attached hydrogens (tertiary/aromatic N) is 3. The van der Waals surface area contributed by atoms with Crippen LogP contribution in [0.3, 0.4) is 0 Å². The molecule has 0 spiro atoms. The van der Waals surface area contributed by atoms with Crippen molar-refractivity contribution >= 4 is 17.7 Å². The molecule has 34 heavy (non-hydrogen) atoms. The maximum atomic E-state index is 13.5. The Labute approximate surface area is 201 Å². The number of amides is 3. The summed E-state index contributed by atoms with van der Waals surface area (Å²) in [6, 6.07) is 16.5. The Morgan fingerprint density at radius 3 is 2.47 bits per heavy atom. The molecular formula is C27H33N3O4. The van der Waals surface area contributed by atoms with Crippen LogP contribution < -0.4 is 4.74 Å². The van der Waals surface area contributed by atoms with Crippen molar-refractivity contribution in [3.63, 3.8) is 0 Å². The number of hydrogen-bond acceptors (Lipinski definition) is 4. The SMILES string of the molecule is CCC(C)CN1CC2N(C(=O)c3ccc(OCc4ccccc4)cc3)CCC(=O)N2C(C)C1=O. The highest BCUT2D eigenvalue weighted by Crippen LogP contribution is 2.28. The number of fused-ring (bicyclic) bond motifs is 1. The first kappa shape index (κ1) is 23.8. The first-order chi connectivity index (χ1) is 16.4. The molecule has 0 saturated carbocycles. The van der Waals surface area contributed by atoms with Gasteiger partial charge in [0.25, 0.3) is 5.91 Å². The summed E-state index contributed by atoms with van der Waals surface area (Å²) >= 11 is 0. The van der Waals surface area contributed by atoms with E-state index in [4.69, 9.17) is 4.74 Å². The van der Waals surface area contributed by atoms with E-state index in [1.54, 1.807) is 41.0 Å². The number of hydrogen-bond donors (Lipinski definition) is 0. The zero-order valence-corrected chi connectivity index (χ0v) is 20.1. The number of benzene rings is 2. The molecule has 3 unspecified atom stereocenters. The first-order valence-electron chi connectivity index (χ1n) is 12.1. The van der Waals surface area contributed by atoms with Crippen LogP contribution in [0.15, 0.2) is 54.6 Å². The Kier molecular flexibility index (Phi) is 7.20. The van der Waals surface area contributed by atoms with E-state index in [0.29, 0.717) is 43.5 Å². The van der Waals surface area contributed by atoms with Gasteiger partial charge in [-0.05, 0) is 42.7 Å². The molecule has 0 bridgehead atoms. The highest BCUT2D eigenvalue weighted by atomic mass is 16.5. The van der Waals surface area contributed by atoms with Crippen LogP contribution >= 0.6 is 0 Å². The van der Waals surface area contributed by atoms with Gasteiger partial charge in [-0.2, -0.15) is 0 Å². The Hall–Kier alpha value is -3.35. The highest BCUT2D eigenvalue weighted by molar-refractivity contribution is 5.97. The van der Waals surface area contributed by atoms with Crippen molar-refractivity contribution in [2.75, 3.05) is 19.6 Å². The van der Waals surface area contributed by atoms with Gasteiger partial charge in [-0.25, -0.2) is 0 Å². The summed E-state index contributed by atoms with van der Waals surface area (Å²) in [6.45, 7) is 7.77. The number of carbonyl (C=O) groups is 3. The van der Waals surface area contributed by atoms with Crippen LogP contribution in [0, 0.1) is 5.92 Å². The molecule has 2 aromatic rings. The number of piperazine rings is 1. The summed E-state index contributed by atoms with van der Waals surface area (Å²) in [4.78, 5) is 44.3. The van der Waals surface area contributed by atoms with Gasteiger partial charge in [0, 0.05) is 25.1 Å². The minimum absolute atomic E-state index is 0.0425. The largest absolute Gasteiger partial charge is 0.489 e. The summed E-state index contributed by atoms with van der Waals surface area (Å²) in [5.74, 6) is 0.797. The van der Waals surface area contributed by atoms with E-state index in [1.807, 2.05) is 35.2 Å². The molecule has 180 valence electrons. The molecule has 0 aromatic heterocycles. The van der Waals surface area contributed by atoms with E-state index in [0.717, 1.165) is 12.0 Å². The maximum Gasteiger partial charge on any atom is 0.255 e. The number of carbonyl (C=O) groups excluding carboxylic acids is 3. The van der Waals surface area contributed by atoms with Crippen LogP contribution in [-0.4, -0.2) is 64.3 Å². The van der Waals surface area contributed by atoms with Crippen molar-refractivity contribution in [1.29, 1.82) is 0 Å². The fraction of sp³-hybridized carbons (Fsp3) is 0.444. The molecular weight excluding hydrogens is 430 g/mol. The predicted molar refractivity (Wildman–Crippen MR) is 129 cm³/mol. The zero-order valence-electron chi connectivity index (χ0n) is 20.1. The first-order valence-corrected chi connectivity index (χ1v) is 12.1. The van der Waals surface area contributed by atoms with Crippen molar-refractivity contribution in [3.05, 3.63) is 65.7 Å². The molecule has 3 amide bonds.